The van der Waals surface area contributed by atoms with Crippen LogP contribution in [0.25, 0.3) is 0 Å². The van der Waals surface area contributed by atoms with Crippen LogP contribution in [0.5, 0.6) is 23.0 Å². The molecular weight excluding hydrogens is 1330 g/mol. The summed E-state index contributed by atoms with van der Waals surface area (Å²) in [6.07, 6.45) is 4.12. The van der Waals surface area contributed by atoms with Gasteiger partial charge in [0.05, 0.1) is 68.6 Å². The van der Waals surface area contributed by atoms with E-state index in [1.165, 1.54) is 58.8 Å². The number of halogens is 4. The zero-order valence-corrected chi connectivity index (χ0v) is 59.9. The zero-order valence-electron chi connectivity index (χ0n) is 55.9. The minimum absolute atomic E-state index is 0.0485. The largest absolute Gasteiger partial charge is 0.495 e. The van der Waals surface area contributed by atoms with Gasteiger partial charge in [-0.3, -0.25) is 24.2 Å². The smallest absolute Gasteiger partial charge is 0.423 e. The summed E-state index contributed by atoms with van der Waals surface area (Å²) in [4.78, 5) is 112. The molecular formula is C66H80Cl4N10O14Si. The van der Waals surface area contributed by atoms with Crippen molar-refractivity contribution >= 4 is 131 Å². The number of nitrogens with zero attached hydrogens (tertiary/aromatic N) is 8. The Bertz CT molecular complexity index is 3800. The Labute approximate surface area is 574 Å². The number of benzene rings is 4. The van der Waals surface area contributed by atoms with Crippen molar-refractivity contribution in [2.75, 3.05) is 72.8 Å². The molecule has 0 spiro atoms. The van der Waals surface area contributed by atoms with Gasteiger partial charge in [-0.05, 0) is 120 Å². The SMILES string of the molecule is C=CC(=O)Nc1cc(CCC(C)(C)[Si](C)(C)O)ccc1N(C(=O)OC(C)(C)C)c1cc(N(C)C(=O)N(C(=O)OC(C)(C)C)c2c(Cl)c(OC)cc(OC)c2Cl)ncn1.C=CC(=O)Nc1cc(CO)ccc1Cc1cc(N(C)C(=O)Cc2c(Cl)c(OC)cc(OC)c2Cl)ncn1. The van der Waals surface area contributed by atoms with Crippen molar-refractivity contribution in [2.45, 2.75) is 117 Å². The van der Waals surface area contributed by atoms with Crippen molar-refractivity contribution in [2.24, 2.45) is 0 Å². The number of amides is 7. The summed E-state index contributed by atoms with van der Waals surface area (Å²) in [7, 11) is 5.98. The molecule has 2 heterocycles. The van der Waals surface area contributed by atoms with Gasteiger partial charge in [-0.25, -0.2) is 39.2 Å². The molecule has 29 heteroatoms. The highest BCUT2D eigenvalue weighted by Gasteiger charge is 2.40. The quantitative estimate of drug-likeness (QED) is 0.0363. The predicted octanol–water partition coefficient (Wildman–Crippen LogP) is 14.1. The van der Waals surface area contributed by atoms with Crippen molar-refractivity contribution in [3.8, 4) is 23.0 Å². The van der Waals surface area contributed by atoms with E-state index in [1.54, 1.807) is 97.1 Å². The van der Waals surface area contributed by atoms with Gasteiger partial charge in [0, 0.05) is 56.0 Å². The molecule has 0 saturated carbocycles. The molecule has 7 amide bonds. The number of hydrogen-bond acceptors (Lipinski definition) is 18. The lowest BCUT2D eigenvalue weighted by molar-refractivity contribution is -0.117. The van der Waals surface area contributed by atoms with Crippen LogP contribution in [0.15, 0.2) is 98.6 Å². The third-order valence-electron chi connectivity index (χ3n) is 14.6. The molecule has 0 aliphatic rings. The highest BCUT2D eigenvalue weighted by Crippen LogP contribution is 2.48. The number of rotatable bonds is 22. The number of urea groups is 1. The van der Waals surface area contributed by atoms with Gasteiger partial charge >= 0.3 is 18.2 Å². The van der Waals surface area contributed by atoms with E-state index in [2.05, 4.69) is 43.7 Å². The molecule has 0 saturated heterocycles. The molecule has 510 valence electrons. The van der Waals surface area contributed by atoms with Gasteiger partial charge in [0.1, 0.15) is 80.0 Å². The maximum atomic E-state index is 14.5. The fraction of sp³-hybridized carbons (Fsp3) is 0.364. The minimum atomic E-state index is -2.52. The molecule has 4 aromatic carbocycles. The third-order valence-corrected chi connectivity index (χ3v) is 19.8. The molecule has 4 N–H and O–H groups in total. The summed E-state index contributed by atoms with van der Waals surface area (Å²) in [5.74, 6) is -0.279. The minimum Gasteiger partial charge on any atom is -0.495 e. The Kier molecular flexibility index (Phi) is 26.6. The van der Waals surface area contributed by atoms with Crippen LogP contribution >= 0.6 is 46.4 Å². The second-order valence-electron chi connectivity index (χ2n) is 24.4. The van der Waals surface area contributed by atoms with Gasteiger partial charge in [0.25, 0.3) is 0 Å². The Morgan fingerprint density at radius 1 is 0.611 bits per heavy atom. The predicted molar refractivity (Wildman–Crippen MR) is 373 cm³/mol. The van der Waals surface area contributed by atoms with Gasteiger partial charge < -0.3 is 49.0 Å². The van der Waals surface area contributed by atoms with E-state index in [0.717, 1.165) is 39.4 Å². The van der Waals surface area contributed by atoms with Crippen LogP contribution < -0.4 is 49.2 Å². The van der Waals surface area contributed by atoms with E-state index < -0.39 is 43.6 Å². The normalized spacial score (nSPS) is 11.4. The monoisotopic (exact) mass is 1400 g/mol. The number of aromatic nitrogens is 4. The Morgan fingerprint density at radius 2 is 1.08 bits per heavy atom. The fourth-order valence-electron chi connectivity index (χ4n) is 8.66. The maximum Gasteiger partial charge on any atom is 0.423 e. The Balaban J connectivity index is 0.000000379. The molecule has 6 aromatic rings. The lowest BCUT2D eigenvalue weighted by Crippen LogP contribution is -2.48. The van der Waals surface area contributed by atoms with Crippen molar-refractivity contribution in [3.05, 3.63) is 147 Å². The summed E-state index contributed by atoms with van der Waals surface area (Å²) < 4.78 is 32.8. The highest BCUT2D eigenvalue weighted by atomic mass is 35.5. The number of methoxy groups -OCH3 is 4. The van der Waals surface area contributed by atoms with E-state index in [1.807, 2.05) is 26.9 Å². The Hall–Kier alpha value is -8.56. The third kappa shape index (κ3) is 20.0. The summed E-state index contributed by atoms with van der Waals surface area (Å²) in [5, 5.41) is 14.7. The maximum absolute atomic E-state index is 14.5. The lowest BCUT2D eigenvalue weighted by atomic mass is 10.0. The summed E-state index contributed by atoms with van der Waals surface area (Å²) in [5.41, 5.74) is 1.80. The van der Waals surface area contributed by atoms with Crippen molar-refractivity contribution in [1.82, 2.24) is 19.9 Å². The molecule has 6 rings (SSSR count). The molecule has 0 aliphatic heterocycles. The number of aliphatic hydroxyl groups is 1. The second kappa shape index (κ2) is 32.7. The number of imide groups is 1. The zero-order chi connectivity index (χ0) is 71.2. The van der Waals surface area contributed by atoms with Gasteiger partial charge in [0.15, 0.2) is 8.32 Å². The first-order chi connectivity index (χ1) is 44.4. The van der Waals surface area contributed by atoms with Gasteiger partial charge in [-0.2, -0.15) is 4.90 Å². The van der Waals surface area contributed by atoms with Gasteiger partial charge in [0.2, 0.25) is 17.7 Å². The molecule has 0 atom stereocenters. The average Bonchev–Trinajstić information content (AvgIpc) is 0.781. The number of nitrogens with one attached hydrogen (secondary N) is 2. The van der Waals surface area contributed by atoms with Crippen LogP contribution in [0.3, 0.4) is 0 Å². The summed E-state index contributed by atoms with van der Waals surface area (Å²) in [6.45, 7) is 24.6. The lowest BCUT2D eigenvalue weighted by Gasteiger charge is -2.35. The van der Waals surface area contributed by atoms with Gasteiger partial charge in [-0.1, -0.05) is 91.6 Å². The molecule has 0 unspecified atom stereocenters. The molecule has 0 bridgehead atoms. The van der Waals surface area contributed by atoms with E-state index in [4.69, 9.17) is 74.8 Å². The van der Waals surface area contributed by atoms with Crippen LogP contribution in [0.2, 0.25) is 38.2 Å². The van der Waals surface area contributed by atoms with Gasteiger partial charge in [-0.15, -0.1) is 0 Å². The number of ether oxygens (including phenoxy) is 6. The Morgan fingerprint density at radius 3 is 1.59 bits per heavy atom. The molecule has 0 fully saturated rings. The number of likely N-dealkylation sites (N-methyl/N-ethyl adjacent to an activating group) is 1. The molecule has 2 aromatic heterocycles. The topological polar surface area (TPSA) is 287 Å². The van der Waals surface area contributed by atoms with Crippen molar-refractivity contribution < 1.29 is 67.1 Å². The number of carbonyl (C=O) groups is 6. The van der Waals surface area contributed by atoms with Crippen molar-refractivity contribution in [3.63, 3.8) is 0 Å². The van der Waals surface area contributed by atoms with E-state index in [-0.39, 0.29) is 90.2 Å². The van der Waals surface area contributed by atoms with Crippen molar-refractivity contribution in [1.29, 1.82) is 0 Å². The van der Waals surface area contributed by atoms with E-state index in [9.17, 15) is 38.7 Å². The first-order valence-electron chi connectivity index (χ1n) is 29.2. The number of carbonyl (C=O) groups excluding carboxylic acids is 6. The van der Waals surface area contributed by atoms with Crippen LogP contribution in [0.1, 0.15) is 89.8 Å². The number of aryl methyl sites for hydroxylation is 1. The van der Waals surface area contributed by atoms with Crippen LogP contribution in [0.4, 0.5) is 54.6 Å². The van der Waals surface area contributed by atoms with E-state index >= 15 is 0 Å². The molecule has 24 nitrogen and oxygen atoms in total. The number of anilines is 7. The molecule has 95 heavy (non-hydrogen) atoms. The molecule has 0 aliphatic carbocycles. The standard InChI is InChI=1S/C40H54Cl2N6O9Si.C26H26Cl2N4O5/c1-15-31(49)45-25-20-24(18-19-40(8,9)58(13,14)53)16-17-26(25)47(36(51)56-38(2,3)4)30-22-29(43-23-44-30)46(10)35(50)48(37(52)57-39(5,6)7)34-32(41)27(54-11)21-28(55-12)33(34)42;1-5-23(34)31-19-8-15(13-33)6-7-16(19)9-17-10-22(30-14-29-17)32(2)24(35)11-18-25(27)20(36-3)12-21(37-4)26(18)28/h15-17,20-23,53H,1,18-19H2,2-14H3,(H,45,49);5-8,10,12,14,33H,1,9,11,13H2,2-4H3,(H,31,34). The average molecular weight is 1410 g/mol. The number of aliphatic hydroxyl groups excluding tert-OH is 1. The highest BCUT2D eigenvalue weighted by molar-refractivity contribution is 6.72. The summed E-state index contributed by atoms with van der Waals surface area (Å²) >= 11 is 26.2. The summed E-state index contributed by atoms with van der Waals surface area (Å²) in [6, 6.07) is 15.3. The fourth-order valence-corrected chi connectivity index (χ4v) is 10.7. The van der Waals surface area contributed by atoms with Crippen LogP contribution in [-0.4, -0.2) is 128 Å². The van der Waals surface area contributed by atoms with E-state index in [0.29, 0.717) is 64.0 Å². The van der Waals surface area contributed by atoms with Crippen LogP contribution in [-0.2, 0) is 49.7 Å². The number of hydrogen-bond donors (Lipinski definition) is 4. The van der Waals surface area contributed by atoms with Crippen LogP contribution in [0, 0.1) is 0 Å². The molecule has 0 radical (unpaired) electrons. The first kappa shape index (κ1) is 77.1. The first-order valence-corrected chi connectivity index (χ1v) is 33.7. The second-order valence-corrected chi connectivity index (χ2v) is 30.3.